The predicted molar refractivity (Wildman–Crippen MR) is 113 cm³/mol. The van der Waals surface area contributed by atoms with E-state index < -0.39 is 5.97 Å². The molecule has 1 aromatic carbocycles. The molecule has 0 aliphatic rings. The van der Waals surface area contributed by atoms with Crippen LogP contribution in [-0.4, -0.2) is 49.6 Å². The van der Waals surface area contributed by atoms with E-state index in [1.807, 2.05) is 0 Å². The molecule has 0 aliphatic carbocycles. The van der Waals surface area contributed by atoms with Crippen LogP contribution in [0, 0.1) is 12.7 Å². The van der Waals surface area contributed by atoms with E-state index in [1.165, 1.54) is 24.1 Å². The van der Waals surface area contributed by atoms with E-state index in [-0.39, 0.29) is 11.7 Å². The molecule has 150 valence electrons. The second kappa shape index (κ2) is 9.61. The first-order valence-electron chi connectivity index (χ1n) is 8.47. The van der Waals surface area contributed by atoms with Gasteiger partial charge in [0.1, 0.15) is 10.8 Å². The minimum absolute atomic E-state index is 0.198. The monoisotopic (exact) mass is 423 g/mol. The zero-order valence-corrected chi connectivity index (χ0v) is 17.7. The van der Waals surface area contributed by atoms with Crippen molar-refractivity contribution in [3.05, 3.63) is 51.7 Å². The highest BCUT2D eigenvalue weighted by Crippen LogP contribution is 2.34. The molecule has 28 heavy (non-hydrogen) atoms. The lowest BCUT2D eigenvalue weighted by Crippen LogP contribution is -2.30. The van der Waals surface area contributed by atoms with Gasteiger partial charge in [-0.05, 0) is 48.8 Å². The highest BCUT2D eigenvalue weighted by molar-refractivity contribution is 7.80. The number of rotatable bonds is 6. The highest BCUT2D eigenvalue weighted by atomic mass is 32.1. The van der Waals surface area contributed by atoms with Crippen molar-refractivity contribution in [2.75, 3.05) is 33.1 Å². The minimum Gasteiger partial charge on any atom is -0.465 e. The van der Waals surface area contributed by atoms with Gasteiger partial charge in [0.15, 0.2) is 5.11 Å². The lowest BCUT2D eigenvalue weighted by atomic mass is 10.1. The molecule has 0 aliphatic heterocycles. The van der Waals surface area contributed by atoms with E-state index in [2.05, 4.69) is 10.6 Å². The second-order valence-corrected chi connectivity index (χ2v) is 7.64. The summed E-state index contributed by atoms with van der Waals surface area (Å²) in [6.45, 7) is 2.23. The van der Waals surface area contributed by atoms with Crippen LogP contribution in [0.1, 0.15) is 31.2 Å². The van der Waals surface area contributed by atoms with Crippen LogP contribution in [-0.2, 0) is 11.2 Å². The summed E-state index contributed by atoms with van der Waals surface area (Å²) < 4.78 is 17.8. The van der Waals surface area contributed by atoms with Crippen LogP contribution in [0.2, 0.25) is 0 Å². The Kier molecular flexibility index (Phi) is 7.47. The number of thiocarbonyl (C=S) groups is 1. The van der Waals surface area contributed by atoms with E-state index >= 15 is 0 Å². The van der Waals surface area contributed by atoms with Crippen LogP contribution in [0.4, 0.5) is 9.39 Å². The van der Waals surface area contributed by atoms with Crippen LogP contribution in [0.5, 0.6) is 0 Å². The number of methoxy groups -OCH3 is 1. The fourth-order valence-electron chi connectivity index (χ4n) is 2.48. The molecule has 2 aromatic rings. The number of halogens is 1. The zero-order chi connectivity index (χ0) is 20.8. The quantitative estimate of drug-likeness (QED) is 0.549. The van der Waals surface area contributed by atoms with E-state index in [0.29, 0.717) is 39.1 Å². The lowest BCUT2D eigenvalue weighted by Gasteiger charge is -2.10. The predicted octanol–water partition coefficient (Wildman–Crippen LogP) is 3.21. The number of carbonyl (C=O) groups excluding carboxylic acids is 2. The third-order valence-electron chi connectivity index (χ3n) is 3.98. The standard InChI is InChI=1S/C19H22FN3O3S2/c1-11-14(18(25)26-4)16(28-15(11)17(24)23(2)3)22-19(27)21-10-9-12-5-7-13(20)8-6-12/h5-8H,9-10H2,1-4H3,(H2,21,22,27). The van der Waals surface area contributed by atoms with Gasteiger partial charge >= 0.3 is 5.97 Å². The van der Waals surface area contributed by atoms with Crippen LogP contribution < -0.4 is 10.6 Å². The number of amides is 1. The van der Waals surface area contributed by atoms with Gasteiger partial charge in [0, 0.05) is 20.6 Å². The highest BCUT2D eigenvalue weighted by Gasteiger charge is 2.26. The van der Waals surface area contributed by atoms with Crippen molar-refractivity contribution in [2.24, 2.45) is 0 Å². The van der Waals surface area contributed by atoms with Gasteiger partial charge in [-0.3, -0.25) is 4.79 Å². The normalized spacial score (nSPS) is 10.3. The SMILES string of the molecule is COC(=O)c1c(NC(=S)NCCc2ccc(F)cc2)sc(C(=O)N(C)C)c1C. The van der Waals surface area contributed by atoms with Gasteiger partial charge in [0.05, 0.1) is 17.6 Å². The van der Waals surface area contributed by atoms with Crippen molar-refractivity contribution in [3.63, 3.8) is 0 Å². The first kappa shape index (κ1) is 21.8. The summed E-state index contributed by atoms with van der Waals surface area (Å²) in [5.74, 6) is -1.01. The number of benzene rings is 1. The average Bonchev–Trinajstić information content (AvgIpc) is 2.97. The Bertz CT molecular complexity index is 879. The molecule has 9 heteroatoms. The van der Waals surface area contributed by atoms with Gasteiger partial charge in [0.2, 0.25) is 0 Å². The fourth-order valence-corrected chi connectivity index (χ4v) is 3.96. The number of nitrogens with one attached hydrogen (secondary N) is 2. The van der Waals surface area contributed by atoms with E-state index in [9.17, 15) is 14.0 Å². The van der Waals surface area contributed by atoms with E-state index in [1.54, 1.807) is 33.2 Å². The molecule has 0 atom stereocenters. The maximum atomic E-state index is 12.9. The first-order chi connectivity index (χ1) is 13.2. The molecule has 2 N–H and O–H groups in total. The van der Waals surface area contributed by atoms with Crippen molar-refractivity contribution < 1.29 is 18.7 Å². The van der Waals surface area contributed by atoms with Crippen LogP contribution in [0.15, 0.2) is 24.3 Å². The molecule has 0 saturated carbocycles. The molecule has 0 fully saturated rings. The number of anilines is 1. The minimum atomic E-state index is -0.539. The molecule has 6 nitrogen and oxygen atoms in total. The third kappa shape index (κ3) is 5.26. The summed E-state index contributed by atoms with van der Waals surface area (Å²) >= 11 is 6.46. The zero-order valence-electron chi connectivity index (χ0n) is 16.1. The van der Waals surface area contributed by atoms with Crippen molar-refractivity contribution in [1.82, 2.24) is 10.2 Å². The number of esters is 1. The Morgan fingerprint density at radius 2 is 1.89 bits per heavy atom. The third-order valence-corrected chi connectivity index (χ3v) is 5.42. The Labute approximate surface area is 172 Å². The maximum Gasteiger partial charge on any atom is 0.341 e. The summed E-state index contributed by atoms with van der Waals surface area (Å²) in [7, 11) is 4.58. The number of ether oxygens (including phenoxy) is 1. The van der Waals surface area contributed by atoms with Gasteiger partial charge < -0.3 is 20.3 Å². The molecular formula is C19H22FN3O3S2. The number of hydrogen-bond donors (Lipinski definition) is 2. The van der Waals surface area contributed by atoms with Crippen molar-refractivity contribution in [1.29, 1.82) is 0 Å². The van der Waals surface area contributed by atoms with E-state index in [0.717, 1.165) is 16.9 Å². The summed E-state index contributed by atoms with van der Waals surface area (Å²) in [5.41, 5.74) is 1.81. The Morgan fingerprint density at radius 3 is 2.46 bits per heavy atom. The molecule has 2 rings (SSSR count). The number of thiophene rings is 1. The topological polar surface area (TPSA) is 70.7 Å². The summed E-state index contributed by atoms with van der Waals surface area (Å²) in [4.78, 5) is 26.4. The number of hydrogen-bond acceptors (Lipinski definition) is 5. The largest absolute Gasteiger partial charge is 0.465 e. The maximum absolute atomic E-state index is 12.9. The molecule has 1 heterocycles. The molecule has 0 unspecified atom stereocenters. The van der Waals surface area contributed by atoms with Gasteiger partial charge in [-0.15, -0.1) is 11.3 Å². The Hall–Kier alpha value is -2.52. The van der Waals surface area contributed by atoms with Gasteiger partial charge in [-0.25, -0.2) is 9.18 Å². The van der Waals surface area contributed by atoms with Gasteiger partial charge in [-0.2, -0.15) is 0 Å². The molecular weight excluding hydrogens is 401 g/mol. The molecule has 1 aromatic heterocycles. The summed E-state index contributed by atoms with van der Waals surface area (Å²) in [6, 6.07) is 6.24. The second-order valence-electron chi connectivity index (χ2n) is 6.21. The van der Waals surface area contributed by atoms with Gasteiger partial charge in [0.25, 0.3) is 5.91 Å². The van der Waals surface area contributed by atoms with Crippen LogP contribution in [0.25, 0.3) is 0 Å². The number of carbonyl (C=O) groups is 2. The first-order valence-corrected chi connectivity index (χ1v) is 9.69. The molecule has 0 bridgehead atoms. The lowest BCUT2D eigenvalue weighted by molar-refractivity contribution is 0.0601. The van der Waals surface area contributed by atoms with Crippen molar-refractivity contribution in [3.8, 4) is 0 Å². The Morgan fingerprint density at radius 1 is 1.25 bits per heavy atom. The van der Waals surface area contributed by atoms with Crippen molar-refractivity contribution >= 4 is 45.5 Å². The molecule has 0 spiro atoms. The molecule has 1 amide bonds. The summed E-state index contributed by atoms with van der Waals surface area (Å²) in [5, 5.41) is 6.80. The van der Waals surface area contributed by atoms with Crippen LogP contribution in [0.3, 0.4) is 0 Å². The molecule has 0 saturated heterocycles. The Balaban J connectivity index is 2.09. The molecule has 0 radical (unpaired) electrons. The van der Waals surface area contributed by atoms with Gasteiger partial charge in [-0.1, -0.05) is 12.1 Å². The summed E-state index contributed by atoms with van der Waals surface area (Å²) in [6.07, 6.45) is 0.653. The van der Waals surface area contributed by atoms with Crippen LogP contribution >= 0.6 is 23.6 Å². The van der Waals surface area contributed by atoms with Crippen molar-refractivity contribution in [2.45, 2.75) is 13.3 Å². The average molecular weight is 424 g/mol. The fraction of sp³-hybridized carbons (Fsp3) is 0.316. The number of nitrogens with zero attached hydrogens (tertiary/aromatic N) is 1. The smallest absolute Gasteiger partial charge is 0.341 e. The van der Waals surface area contributed by atoms with E-state index in [4.69, 9.17) is 17.0 Å².